The molecule has 0 aliphatic heterocycles. The van der Waals surface area contributed by atoms with E-state index >= 15 is 0 Å². The number of carbonyl (C=O) groups is 1. The van der Waals surface area contributed by atoms with Gasteiger partial charge in [-0.25, -0.2) is 4.98 Å². The molecule has 0 unspecified atom stereocenters. The van der Waals surface area contributed by atoms with E-state index in [1.807, 2.05) is 6.26 Å². The molecule has 0 bridgehead atoms. The van der Waals surface area contributed by atoms with Crippen LogP contribution in [0.25, 0.3) is 0 Å². The average Bonchev–Trinajstić information content (AvgIpc) is 2.33. The molecule has 2 N–H and O–H groups in total. The van der Waals surface area contributed by atoms with E-state index in [1.165, 1.54) is 11.8 Å². The standard InChI is InChI=1S/C12H16N2O2S/c1-17-11-9(4-2-7-13-11)10(15)14-8-12(16)5-3-6-12/h2,4,7,16H,3,5-6,8H2,1H3,(H,14,15). The lowest BCUT2D eigenvalue weighted by atomic mass is 9.80. The zero-order chi connectivity index (χ0) is 12.3. The van der Waals surface area contributed by atoms with Crippen LogP contribution in [0.5, 0.6) is 0 Å². The predicted octanol–water partition coefficient (Wildman–Crippen LogP) is 1.45. The zero-order valence-corrected chi connectivity index (χ0v) is 10.6. The number of aliphatic hydroxyl groups is 1. The summed E-state index contributed by atoms with van der Waals surface area (Å²) in [5.41, 5.74) is -0.111. The first kappa shape index (κ1) is 12.4. The van der Waals surface area contributed by atoms with Crippen molar-refractivity contribution in [1.82, 2.24) is 10.3 Å². The summed E-state index contributed by atoms with van der Waals surface area (Å²) in [6.07, 6.45) is 6.14. The fourth-order valence-corrected chi connectivity index (χ4v) is 2.37. The van der Waals surface area contributed by atoms with Crippen LogP contribution < -0.4 is 5.32 Å². The maximum absolute atomic E-state index is 11.9. The largest absolute Gasteiger partial charge is 0.388 e. The molecule has 5 heteroatoms. The molecule has 4 nitrogen and oxygen atoms in total. The van der Waals surface area contributed by atoms with Gasteiger partial charge in [0.1, 0.15) is 5.03 Å². The van der Waals surface area contributed by atoms with Crippen LogP contribution >= 0.6 is 11.8 Å². The lowest BCUT2D eigenvalue weighted by Gasteiger charge is -2.36. The number of thioether (sulfide) groups is 1. The summed E-state index contributed by atoms with van der Waals surface area (Å²) < 4.78 is 0. The summed E-state index contributed by atoms with van der Waals surface area (Å²) >= 11 is 1.44. The van der Waals surface area contributed by atoms with Crippen molar-refractivity contribution in [3.63, 3.8) is 0 Å². The first-order chi connectivity index (χ1) is 8.14. The SMILES string of the molecule is CSc1ncccc1C(=O)NCC1(O)CCC1. The van der Waals surface area contributed by atoms with Gasteiger partial charge in [-0.15, -0.1) is 11.8 Å². The summed E-state index contributed by atoms with van der Waals surface area (Å²) in [7, 11) is 0. The number of rotatable bonds is 4. The zero-order valence-electron chi connectivity index (χ0n) is 9.77. The maximum atomic E-state index is 11.9. The summed E-state index contributed by atoms with van der Waals surface area (Å²) in [6, 6.07) is 3.49. The Morgan fingerprint density at radius 1 is 1.65 bits per heavy atom. The fraction of sp³-hybridized carbons (Fsp3) is 0.500. The van der Waals surface area contributed by atoms with Gasteiger partial charge in [-0.3, -0.25) is 4.79 Å². The summed E-state index contributed by atoms with van der Waals surface area (Å²) in [5.74, 6) is -0.164. The Balaban J connectivity index is 1.99. The van der Waals surface area contributed by atoms with Gasteiger partial charge in [0.25, 0.3) is 5.91 Å². The minimum absolute atomic E-state index is 0.164. The van der Waals surface area contributed by atoms with E-state index < -0.39 is 5.60 Å². The van der Waals surface area contributed by atoms with Gasteiger partial charge in [-0.2, -0.15) is 0 Å². The Bertz CT molecular complexity index is 419. The molecule has 0 saturated heterocycles. The number of carbonyl (C=O) groups excluding carboxylic acids is 1. The topological polar surface area (TPSA) is 62.2 Å². The quantitative estimate of drug-likeness (QED) is 0.796. The van der Waals surface area contributed by atoms with Gasteiger partial charge in [0.2, 0.25) is 0 Å². The van der Waals surface area contributed by atoms with Crippen LogP contribution in [-0.4, -0.2) is 34.4 Å². The molecule has 1 aliphatic carbocycles. The molecule has 1 fully saturated rings. The van der Waals surface area contributed by atoms with Crippen molar-refractivity contribution in [2.24, 2.45) is 0 Å². The Morgan fingerprint density at radius 2 is 2.41 bits per heavy atom. The molecule has 2 rings (SSSR count). The van der Waals surface area contributed by atoms with Crippen LogP contribution in [0, 0.1) is 0 Å². The Kier molecular flexibility index (Phi) is 3.69. The number of hydrogen-bond donors (Lipinski definition) is 2. The van der Waals surface area contributed by atoms with E-state index in [1.54, 1.807) is 18.3 Å². The van der Waals surface area contributed by atoms with Crippen molar-refractivity contribution in [1.29, 1.82) is 0 Å². The number of aromatic nitrogens is 1. The van der Waals surface area contributed by atoms with Crippen molar-refractivity contribution >= 4 is 17.7 Å². The third kappa shape index (κ3) is 2.79. The lowest BCUT2D eigenvalue weighted by Crippen LogP contribution is -2.47. The molecule has 92 valence electrons. The maximum Gasteiger partial charge on any atom is 0.254 e. The molecule has 0 radical (unpaired) electrons. The summed E-state index contributed by atoms with van der Waals surface area (Å²) in [4.78, 5) is 16.1. The molecule has 17 heavy (non-hydrogen) atoms. The van der Waals surface area contributed by atoms with Crippen LogP contribution in [0.15, 0.2) is 23.4 Å². The second-order valence-electron chi connectivity index (χ2n) is 4.32. The van der Waals surface area contributed by atoms with Crippen molar-refractivity contribution in [2.75, 3.05) is 12.8 Å². The highest BCUT2D eigenvalue weighted by molar-refractivity contribution is 7.98. The molecule has 0 atom stereocenters. The van der Waals surface area contributed by atoms with E-state index in [4.69, 9.17) is 0 Å². The summed E-state index contributed by atoms with van der Waals surface area (Å²) in [5, 5.41) is 13.4. The van der Waals surface area contributed by atoms with E-state index in [0.717, 1.165) is 19.3 Å². The van der Waals surface area contributed by atoms with E-state index in [0.29, 0.717) is 17.1 Å². The number of nitrogens with zero attached hydrogens (tertiary/aromatic N) is 1. The second-order valence-corrected chi connectivity index (χ2v) is 5.12. The minimum Gasteiger partial charge on any atom is -0.388 e. The van der Waals surface area contributed by atoms with Gasteiger partial charge >= 0.3 is 0 Å². The van der Waals surface area contributed by atoms with Gasteiger partial charge in [-0.05, 0) is 37.7 Å². The first-order valence-electron chi connectivity index (χ1n) is 5.64. The monoisotopic (exact) mass is 252 g/mol. The van der Waals surface area contributed by atoms with Crippen LogP contribution in [-0.2, 0) is 0 Å². The summed E-state index contributed by atoms with van der Waals surface area (Å²) in [6.45, 7) is 0.328. The van der Waals surface area contributed by atoms with Gasteiger partial charge in [0.15, 0.2) is 0 Å². The first-order valence-corrected chi connectivity index (χ1v) is 6.87. The van der Waals surface area contributed by atoms with Crippen LogP contribution in [0.1, 0.15) is 29.6 Å². The van der Waals surface area contributed by atoms with Gasteiger partial charge in [-0.1, -0.05) is 0 Å². The molecule has 1 heterocycles. The molecule has 0 spiro atoms. The third-order valence-corrected chi connectivity index (χ3v) is 3.78. The van der Waals surface area contributed by atoms with E-state index in [-0.39, 0.29) is 5.91 Å². The van der Waals surface area contributed by atoms with Gasteiger partial charge in [0, 0.05) is 12.7 Å². The van der Waals surface area contributed by atoms with Crippen LogP contribution in [0.3, 0.4) is 0 Å². The van der Waals surface area contributed by atoms with E-state index in [2.05, 4.69) is 10.3 Å². The predicted molar refractivity (Wildman–Crippen MR) is 67.2 cm³/mol. The molecule has 1 amide bonds. The highest BCUT2D eigenvalue weighted by atomic mass is 32.2. The number of nitrogens with one attached hydrogen (secondary N) is 1. The van der Waals surface area contributed by atoms with E-state index in [9.17, 15) is 9.90 Å². The molecular formula is C12H16N2O2S. The molecule has 0 aromatic carbocycles. The third-order valence-electron chi connectivity index (χ3n) is 3.07. The molecule has 1 saturated carbocycles. The average molecular weight is 252 g/mol. The smallest absolute Gasteiger partial charge is 0.254 e. The highest BCUT2D eigenvalue weighted by Crippen LogP contribution is 2.30. The Morgan fingerprint density at radius 3 is 3.00 bits per heavy atom. The van der Waals surface area contributed by atoms with Crippen LogP contribution in [0.4, 0.5) is 0 Å². The minimum atomic E-state index is -0.683. The molecule has 1 aromatic rings. The Labute approximate surface area is 105 Å². The molecular weight excluding hydrogens is 236 g/mol. The van der Waals surface area contributed by atoms with Gasteiger partial charge in [0.05, 0.1) is 11.2 Å². The Hall–Kier alpha value is -1.07. The molecule has 1 aromatic heterocycles. The number of pyridine rings is 1. The second kappa shape index (κ2) is 5.06. The van der Waals surface area contributed by atoms with Crippen molar-refractivity contribution in [2.45, 2.75) is 29.9 Å². The van der Waals surface area contributed by atoms with Crippen molar-refractivity contribution in [3.05, 3.63) is 23.9 Å². The normalized spacial score (nSPS) is 17.3. The molecule has 1 aliphatic rings. The van der Waals surface area contributed by atoms with Crippen molar-refractivity contribution in [3.8, 4) is 0 Å². The van der Waals surface area contributed by atoms with Gasteiger partial charge < -0.3 is 10.4 Å². The highest BCUT2D eigenvalue weighted by Gasteiger charge is 2.34. The lowest BCUT2D eigenvalue weighted by molar-refractivity contribution is -0.0300. The van der Waals surface area contributed by atoms with Crippen LogP contribution in [0.2, 0.25) is 0 Å². The number of hydrogen-bond acceptors (Lipinski definition) is 4. The number of amides is 1. The van der Waals surface area contributed by atoms with Crippen molar-refractivity contribution < 1.29 is 9.90 Å². The fourth-order valence-electron chi connectivity index (χ4n) is 1.83.